The van der Waals surface area contributed by atoms with Crippen molar-refractivity contribution in [2.24, 2.45) is 5.92 Å². The Morgan fingerprint density at radius 1 is 1.20 bits per heavy atom. The van der Waals surface area contributed by atoms with Crippen molar-refractivity contribution in [1.82, 2.24) is 14.9 Å². The Balaban J connectivity index is 1.37. The molecule has 9 heteroatoms. The fourth-order valence-corrected chi connectivity index (χ4v) is 3.81. The highest BCUT2D eigenvalue weighted by atomic mass is 16.5. The van der Waals surface area contributed by atoms with Crippen LogP contribution in [-0.2, 0) is 9.59 Å². The van der Waals surface area contributed by atoms with Gasteiger partial charge < -0.3 is 19.3 Å². The van der Waals surface area contributed by atoms with E-state index in [0.29, 0.717) is 31.8 Å². The molecule has 0 bridgehead atoms. The van der Waals surface area contributed by atoms with Gasteiger partial charge in [-0.2, -0.15) is 5.26 Å². The molecule has 0 saturated carbocycles. The van der Waals surface area contributed by atoms with Crippen molar-refractivity contribution in [3.05, 3.63) is 42.4 Å². The first-order valence-corrected chi connectivity index (χ1v) is 9.70. The number of nitriles is 1. The summed E-state index contributed by atoms with van der Waals surface area (Å²) in [5, 5.41) is 9.11. The second-order valence-corrected chi connectivity index (χ2v) is 7.24. The minimum absolute atomic E-state index is 0.0508. The lowest BCUT2D eigenvalue weighted by Gasteiger charge is -2.21. The van der Waals surface area contributed by atoms with Gasteiger partial charge in [-0.1, -0.05) is 0 Å². The first-order chi connectivity index (χ1) is 14.6. The molecule has 1 aromatic heterocycles. The molecular weight excluding hydrogens is 386 g/mol. The van der Waals surface area contributed by atoms with Crippen molar-refractivity contribution in [1.29, 1.82) is 5.26 Å². The van der Waals surface area contributed by atoms with Crippen LogP contribution < -0.4 is 14.4 Å². The minimum Gasteiger partial charge on any atom is -0.497 e. The molecule has 3 heterocycles. The van der Waals surface area contributed by atoms with E-state index < -0.39 is 0 Å². The molecule has 30 heavy (non-hydrogen) atoms. The van der Waals surface area contributed by atoms with Crippen molar-refractivity contribution in [2.45, 2.75) is 18.9 Å². The molecule has 0 aliphatic carbocycles. The maximum absolute atomic E-state index is 13.0. The monoisotopic (exact) mass is 407 g/mol. The van der Waals surface area contributed by atoms with Gasteiger partial charge in [0, 0.05) is 44.0 Å². The van der Waals surface area contributed by atoms with Crippen molar-refractivity contribution in [3.8, 4) is 17.7 Å². The number of aromatic nitrogens is 2. The molecule has 1 aromatic carbocycles. The summed E-state index contributed by atoms with van der Waals surface area (Å²) in [6.45, 7) is 1.29. The van der Waals surface area contributed by atoms with Crippen LogP contribution in [0.2, 0.25) is 0 Å². The number of likely N-dealkylation sites (tertiary alicyclic amines) is 1. The molecule has 0 radical (unpaired) electrons. The van der Waals surface area contributed by atoms with Gasteiger partial charge in [0.2, 0.25) is 17.5 Å². The molecule has 2 aromatic rings. The summed E-state index contributed by atoms with van der Waals surface area (Å²) in [6.07, 6.45) is 3.46. The Labute approximate surface area is 173 Å². The lowest BCUT2D eigenvalue weighted by Crippen LogP contribution is -2.37. The second-order valence-electron chi connectivity index (χ2n) is 7.24. The predicted molar refractivity (Wildman–Crippen MR) is 106 cm³/mol. The molecule has 0 spiro atoms. The van der Waals surface area contributed by atoms with E-state index in [0.717, 1.165) is 5.69 Å². The second kappa shape index (κ2) is 8.37. The van der Waals surface area contributed by atoms with E-state index in [1.807, 2.05) is 18.2 Å². The number of rotatable bonds is 5. The molecule has 9 nitrogen and oxygen atoms in total. The highest BCUT2D eigenvalue weighted by molar-refractivity contribution is 6.00. The summed E-state index contributed by atoms with van der Waals surface area (Å²) < 4.78 is 10.9. The normalized spacial score (nSPS) is 20.9. The van der Waals surface area contributed by atoms with Gasteiger partial charge in [-0.15, -0.1) is 0 Å². The summed E-state index contributed by atoms with van der Waals surface area (Å²) in [7, 11) is 1.59. The summed E-state index contributed by atoms with van der Waals surface area (Å²) in [6, 6.07) is 9.17. The van der Waals surface area contributed by atoms with Crippen LogP contribution in [0.3, 0.4) is 0 Å². The highest BCUT2D eigenvalue weighted by Crippen LogP contribution is 2.29. The first-order valence-electron chi connectivity index (χ1n) is 9.70. The van der Waals surface area contributed by atoms with Crippen molar-refractivity contribution >= 4 is 17.5 Å². The molecule has 2 saturated heterocycles. The number of carbonyl (C=O) groups is 2. The van der Waals surface area contributed by atoms with E-state index >= 15 is 0 Å². The molecule has 2 aliphatic rings. The summed E-state index contributed by atoms with van der Waals surface area (Å²) >= 11 is 0. The largest absolute Gasteiger partial charge is 0.497 e. The van der Waals surface area contributed by atoms with Gasteiger partial charge in [0.25, 0.3) is 5.88 Å². The van der Waals surface area contributed by atoms with Crippen LogP contribution in [-0.4, -0.2) is 59.5 Å². The Hall–Kier alpha value is -3.67. The van der Waals surface area contributed by atoms with Gasteiger partial charge in [0.05, 0.1) is 19.6 Å². The Kier molecular flexibility index (Phi) is 5.48. The number of benzene rings is 1. The van der Waals surface area contributed by atoms with Gasteiger partial charge in [0.1, 0.15) is 17.9 Å². The number of amides is 2. The fraction of sp³-hybridized carbons (Fsp3) is 0.381. The van der Waals surface area contributed by atoms with E-state index in [2.05, 4.69) is 9.97 Å². The van der Waals surface area contributed by atoms with Crippen LogP contribution in [0.5, 0.6) is 11.6 Å². The maximum atomic E-state index is 13.0. The smallest absolute Gasteiger partial charge is 0.251 e. The molecule has 2 fully saturated rings. The minimum atomic E-state index is -0.385. The van der Waals surface area contributed by atoms with Crippen molar-refractivity contribution < 1.29 is 19.1 Å². The van der Waals surface area contributed by atoms with Gasteiger partial charge in [-0.25, -0.2) is 9.97 Å². The van der Waals surface area contributed by atoms with Crippen LogP contribution in [0, 0.1) is 17.2 Å². The Bertz CT molecular complexity index is 988. The van der Waals surface area contributed by atoms with Crippen LogP contribution in [0.4, 0.5) is 5.69 Å². The van der Waals surface area contributed by atoms with Gasteiger partial charge in [0.15, 0.2) is 0 Å². The number of hydrogen-bond donors (Lipinski definition) is 0. The summed E-state index contributed by atoms with van der Waals surface area (Å²) in [5.74, 6) is 0.392. The third-order valence-corrected chi connectivity index (χ3v) is 5.36. The SMILES string of the molecule is COc1ccc(N2CC(C(=O)N3CCC(Oc4nccnc4C#N)C3)CC2=O)cc1. The lowest BCUT2D eigenvalue weighted by atomic mass is 10.1. The molecule has 2 aliphatic heterocycles. The van der Waals surface area contributed by atoms with Crippen LogP contribution in [0.1, 0.15) is 18.5 Å². The zero-order chi connectivity index (χ0) is 21.1. The number of ether oxygens (including phenoxy) is 2. The Morgan fingerprint density at radius 2 is 1.97 bits per heavy atom. The number of carbonyl (C=O) groups excluding carboxylic acids is 2. The van der Waals surface area contributed by atoms with Crippen LogP contribution in [0.15, 0.2) is 36.7 Å². The van der Waals surface area contributed by atoms with Crippen LogP contribution >= 0.6 is 0 Å². The van der Waals surface area contributed by atoms with E-state index in [1.165, 1.54) is 12.4 Å². The first kappa shape index (κ1) is 19.6. The van der Waals surface area contributed by atoms with Gasteiger partial charge >= 0.3 is 0 Å². The number of methoxy groups -OCH3 is 1. The zero-order valence-corrected chi connectivity index (χ0v) is 16.5. The molecule has 4 rings (SSSR count). The van der Waals surface area contributed by atoms with E-state index in [4.69, 9.17) is 14.7 Å². The third-order valence-electron chi connectivity index (χ3n) is 5.36. The van der Waals surface area contributed by atoms with Crippen molar-refractivity contribution in [2.75, 3.05) is 31.6 Å². The highest BCUT2D eigenvalue weighted by Gasteiger charge is 2.39. The average Bonchev–Trinajstić information content (AvgIpc) is 3.40. The summed E-state index contributed by atoms with van der Waals surface area (Å²) in [5.41, 5.74) is 0.879. The summed E-state index contributed by atoms with van der Waals surface area (Å²) in [4.78, 5) is 36.8. The number of nitrogens with zero attached hydrogens (tertiary/aromatic N) is 5. The molecule has 154 valence electrons. The average molecular weight is 407 g/mol. The fourth-order valence-electron chi connectivity index (χ4n) is 3.81. The van der Waals surface area contributed by atoms with E-state index in [9.17, 15) is 9.59 Å². The number of hydrogen-bond acceptors (Lipinski definition) is 7. The lowest BCUT2D eigenvalue weighted by molar-refractivity contribution is -0.135. The maximum Gasteiger partial charge on any atom is 0.251 e. The van der Waals surface area contributed by atoms with Crippen molar-refractivity contribution in [3.63, 3.8) is 0 Å². The molecule has 0 N–H and O–H groups in total. The Morgan fingerprint density at radius 3 is 2.70 bits per heavy atom. The quantitative estimate of drug-likeness (QED) is 0.737. The number of anilines is 1. The zero-order valence-electron chi connectivity index (χ0n) is 16.5. The molecular formula is C21H21N5O4. The standard InChI is InChI=1S/C21H21N5O4/c1-29-16-4-2-15(3-5-16)26-12-14(10-19(26)27)21(28)25-9-6-17(13-25)30-20-18(11-22)23-7-8-24-20/h2-5,7-8,14,17H,6,9-10,12-13H2,1H3. The predicted octanol–water partition coefficient (Wildman–Crippen LogP) is 1.39. The van der Waals surface area contributed by atoms with E-state index in [-0.39, 0.29) is 41.8 Å². The van der Waals surface area contributed by atoms with Crippen LogP contribution in [0.25, 0.3) is 0 Å². The van der Waals surface area contributed by atoms with E-state index in [1.54, 1.807) is 29.0 Å². The van der Waals surface area contributed by atoms with Gasteiger partial charge in [-0.3, -0.25) is 9.59 Å². The van der Waals surface area contributed by atoms with Gasteiger partial charge in [-0.05, 0) is 24.3 Å². The molecule has 2 amide bonds. The molecule has 2 atom stereocenters. The third kappa shape index (κ3) is 3.89. The topological polar surface area (TPSA) is 109 Å². The molecule has 2 unspecified atom stereocenters.